The third kappa shape index (κ3) is 4.35. The van der Waals surface area contributed by atoms with Crippen LogP contribution in [0.1, 0.15) is 11.1 Å². The van der Waals surface area contributed by atoms with E-state index in [4.69, 9.17) is 4.42 Å². The number of para-hydroxylation sites is 1. The zero-order chi connectivity index (χ0) is 18.5. The van der Waals surface area contributed by atoms with Crippen LogP contribution in [0.3, 0.4) is 0 Å². The van der Waals surface area contributed by atoms with Gasteiger partial charge in [0.1, 0.15) is 5.58 Å². The lowest BCUT2D eigenvalue weighted by molar-refractivity contribution is 0.136. The second-order valence-corrected chi connectivity index (χ2v) is 6.98. The number of nitrogens with zero attached hydrogens (tertiary/aromatic N) is 2. The van der Waals surface area contributed by atoms with Gasteiger partial charge in [0, 0.05) is 44.8 Å². The van der Waals surface area contributed by atoms with Gasteiger partial charge in [0.05, 0.1) is 11.6 Å². The Balaban J connectivity index is 1.31. The van der Waals surface area contributed by atoms with Crippen LogP contribution < -0.4 is 5.43 Å². The zero-order valence-electron chi connectivity index (χ0n) is 15.4. The molecule has 1 aliphatic heterocycles. The molecule has 0 saturated carbocycles. The van der Waals surface area contributed by atoms with Gasteiger partial charge in [-0.1, -0.05) is 54.6 Å². The van der Waals surface area contributed by atoms with Crippen LogP contribution in [0.4, 0.5) is 0 Å². The predicted octanol–water partition coefficient (Wildman–Crippen LogP) is 3.62. The van der Waals surface area contributed by atoms with Gasteiger partial charge in [-0.25, -0.2) is 0 Å². The molecule has 3 aromatic rings. The fourth-order valence-electron chi connectivity index (χ4n) is 3.50. The van der Waals surface area contributed by atoms with Crippen LogP contribution >= 0.6 is 0 Å². The number of benzene rings is 2. The van der Waals surface area contributed by atoms with E-state index in [2.05, 4.69) is 46.2 Å². The van der Waals surface area contributed by atoms with E-state index in [1.54, 1.807) is 6.26 Å². The van der Waals surface area contributed by atoms with Crippen LogP contribution in [-0.4, -0.2) is 42.5 Å². The minimum Gasteiger partial charge on any atom is -0.464 e. The van der Waals surface area contributed by atoms with Gasteiger partial charge >= 0.3 is 0 Å². The highest BCUT2D eigenvalue weighted by Gasteiger charge is 2.17. The van der Waals surface area contributed by atoms with Crippen LogP contribution in [0.2, 0.25) is 0 Å². The molecule has 0 N–H and O–H groups in total. The van der Waals surface area contributed by atoms with Crippen molar-refractivity contribution in [2.75, 3.05) is 32.7 Å². The summed E-state index contributed by atoms with van der Waals surface area (Å²) in [4.78, 5) is 17.4. The van der Waals surface area contributed by atoms with Crippen LogP contribution in [0, 0.1) is 0 Å². The third-order valence-corrected chi connectivity index (χ3v) is 5.08. The fourth-order valence-corrected chi connectivity index (χ4v) is 3.50. The summed E-state index contributed by atoms with van der Waals surface area (Å²) < 4.78 is 5.64. The van der Waals surface area contributed by atoms with E-state index in [9.17, 15) is 4.79 Å². The standard InChI is InChI=1S/C23H24N2O2/c26-23-20(18-27-22-11-5-4-10-21(22)23)17-25-15-13-24(14-16-25)12-6-9-19-7-2-1-3-8-19/h1-11,18H,12-17H2/b9-6+. The Hall–Kier alpha value is -2.69. The van der Waals surface area contributed by atoms with Crippen molar-refractivity contribution in [2.45, 2.75) is 6.54 Å². The first-order valence-corrected chi connectivity index (χ1v) is 9.45. The molecule has 4 rings (SSSR count). The first-order chi connectivity index (χ1) is 13.3. The molecule has 0 atom stereocenters. The summed E-state index contributed by atoms with van der Waals surface area (Å²) in [5.74, 6) is 0. The average molecular weight is 360 g/mol. The van der Waals surface area contributed by atoms with Gasteiger partial charge in [-0.05, 0) is 17.7 Å². The first-order valence-electron chi connectivity index (χ1n) is 9.45. The number of fused-ring (bicyclic) bond motifs is 1. The highest BCUT2D eigenvalue weighted by molar-refractivity contribution is 5.76. The lowest BCUT2D eigenvalue weighted by atomic mass is 10.1. The Morgan fingerprint density at radius 2 is 1.59 bits per heavy atom. The Bertz CT molecular complexity index is 970. The maximum atomic E-state index is 12.6. The molecular weight excluding hydrogens is 336 g/mol. The van der Waals surface area contributed by atoms with Gasteiger partial charge < -0.3 is 4.42 Å². The van der Waals surface area contributed by atoms with Gasteiger partial charge in [0.25, 0.3) is 0 Å². The molecule has 1 aliphatic rings. The van der Waals surface area contributed by atoms with Crippen molar-refractivity contribution in [1.29, 1.82) is 0 Å². The van der Waals surface area contributed by atoms with Crippen molar-refractivity contribution >= 4 is 17.0 Å². The van der Waals surface area contributed by atoms with E-state index in [0.717, 1.165) is 38.3 Å². The van der Waals surface area contributed by atoms with E-state index < -0.39 is 0 Å². The van der Waals surface area contributed by atoms with E-state index in [0.29, 0.717) is 17.5 Å². The highest BCUT2D eigenvalue weighted by Crippen LogP contribution is 2.13. The number of piperazine rings is 1. The maximum Gasteiger partial charge on any atom is 0.197 e. The average Bonchev–Trinajstić information content (AvgIpc) is 2.72. The van der Waals surface area contributed by atoms with E-state index >= 15 is 0 Å². The number of rotatable bonds is 5. The molecule has 1 aromatic heterocycles. The monoisotopic (exact) mass is 360 g/mol. The second kappa shape index (κ2) is 8.33. The topological polar surface area (TPSA) is 36.7 Å². The van der Waals surface area contributed by atoms with E-state index in [1.807, 2.05) is 30.3 Å². The van der Waals surface area contributed by atoms with Crippen molar-refractivity contribution in [2.24, 2.45) is 0 Å². The summed E-state index contributed by atoms with van der Waals surface area (Å²) in [6, 6.07) is 17.8. The second-order valence-electron chi connectivity index (χ2n) is 6.98. The van der Waals surface area contributed by atoms with Crippen LogP contribution in [0.25, 0.3) is 17.0 Å². The summed E-state index contributed by atoms with van der Waals surface area (Å²) in [7, 11) is 0. The van der Waals surface area contributed by atoms with Crippen molar-refractivity contribution in [1.82, 2.24) is 9.80 Å². The van der Waals surface area contributed by atoms with Gasteiger partial charge in [-0.2, -0.15) is 0 Å². The molecule has 138 valence electrons. The quantitative estimate of drug-likeness (QED) is 0.696. The fraction of sp³-hybridized carbons (Fsp3) is 0.261. The molecule has 0 spiro atoms. The summed E-state index contributed by atoms with van der Waals surface area (Å²) in [6.07, 6.45) is 6.02. The van der Waals surface area contributed by atoms with E-state index in [-0.39, 0.29) is 5.43 Å². The Morgan fingerprint density at radius 3 is 2.41 bits per heavy atom. The van der Waals surface area contributed by atoms with Gasteiger partial charge in [0.2, 0.25) is 0 Å². The van der Waals surface area contributed by atoms with Crippen molar-refractivity contribution in [3.63, 3.8) is 0 Å². The van der Waals surface area contributed by atoms with Crippen molar-refractivity contribution < 1.29 is 4.42 Å². The number of hydrogen-bond donors (Lipinski definition) is 0. The summed E-state index contributed by atoms with van der Waals surface area (Å²) >= 11 is 0. The van der Waals surface area contributed by atoms with Crippen molar-refractivity contribution in [3.05, 3.63) is 88.3 Å². The lowest BCUT2D eigenvalue weighted by Gasteiger charge is -2.33. The van der Waals surface area contributed by atoms with Gasteiger partial charge in [0.15, 0.2) is 5.43 Å². The highest BCUT2D eigenvalue weighted by atomic mass is 16.3. The molecule has 1 fully saturated rings. The SMILES string of the molecule is O=c1c(CN2CCN(C/C=C/c3ccccc3)CC2)coc2ccccc12. The molecule has 2 aromatic carbocycles. The molecule has 4 heteroatoms. The zero-order valence-corrected chi connectivity index (χ0v) is 15.4. The Labute approximate surface area is 159 Å². The minimum absolute atomic E-state index is 0.0880. The predicted molar refractivity (Wildman–Crippen MR) is 110 cm³/mol. The molecule has 27 heavy (non-hydrogen) atoms. The molecule has 4 nitrogen and oxygen atoms in total. The lowest BCUT2D eigenvalue weighted by Crippen LogP contribution is -2.46. The molecule has 0 amide bonds. The molecule has 2 heterocycles. The van der Waals surface area contributed by atoms with Crippen LogP contribution in [0.5, 0.6) is 0 Å². The molecule has 1 saturated heterocycles. The van der Waals surface area contributed by atoms with Crippen LogP contribution in [0.15, 0.2) is 76.1 Å². The van der Waals surface area contributed by atoms with E-state index in [1.165, 1.54) is 5.56 Å². The first kappa shape index (κ1) is 17.7. The smallest absolute Gasteiger partial charge is 0.197 e. The summed E-state index contributed by atoms with van der Waals surface area (Å²) in [6.45, 7) is 5.56. The largest absolute Gasteiger partial charge is 0.464 e. The minimum atomic E-state index is 0.0880. The normalized spacial score (nSPS) is 16.3. The number of hydrogen-bond acceptors (Lipinski definition) is 4. The molecule has 0 aliphatic carbocycles. The molecule has 0 bridgehead atoms. The molecule has 0 radical (unpaired) electrons. The van der Waals surface area contributed by atoms with Crippen molar-refractivity contribution in [3.8, 4) is 0 Å². The van der Waals surface area contributed by atoms with Gasteiger partial charge in [-0.15, -0.1) is 0 Å². The van der Waals surface area contributed by atoms with Crippen LogP contribution in [-0.2, 0) is 6.54 Å². The molecule has 0 unspecified atom stereocenters. The van der Waals surface area contributed by atoms with Gasteiger partial charge in [-0.3, -0.25) is 14.6 Å². The Kier molecular flexibility index (Phi) is 5.47. The maximum absolute atomic E-state index is 12.6. The summed E-state index contributed by atoms with van der Waals surface area (Å²) in [5, 5.41) is 0.666. The summed E-state index contributed by atoms with van der Waals surface area (Å²) in [5.41, 5.74) is 2.72. The molecular formula is C23H24N2O2. The Morgan fingerprint density at radius 1 is 0.889 bits per heavy atom. The third-order valence-electron chi connectivity index (χ3n) is 5.08.